The summed E-state index contributed by atoms with van der Waals surface area (Å²) >= 11 is 0. The zero-order valence-electron chi connectivity index (χ0n) is 16.1. The average Bonchev–Trinajstić information content (AvgIpc) is 2.78. The molecular formula is C23H25NO2. The molecule has 0 saturated heterocycles. The van der Waals surface area contributed by atoms with Gasteiger partial charge in [-0.15, -0.1) is 0 Å². The maximum absolute atomic E-state index is 11.6. The lowest BCUT2D eigenvalue weighted by atomic mass is 9.82. The number of rotatable bonds is 1. The molecule has 0 heterocycles. The van der Waals surface area contributed by atoms with E-state index in [-0.39, 0.29) is 12.0 Å². The molecule has 134 valence electrons. The van der Waals surface area contributed by atoms with Gasteiger partial charge in [0.1, 0.15) is 5.60 Å². The van der Waals surface area contributed by atoms with Crippen LogP contribution in [0, 0.1) is 11.8 Å². The Kier molecular flexibility index (Phi) is 4.54. The van der Waals surface area contributed by atoms with Gasteiger partial charge in [0.25, 0.3) is 0 Å². The molecule has 1 N–H and O–H groups in total. The molecule has 1 amide bonds. The number of fused-ring (bicyclic) bond motifs is 3. The summed E-state index contributed by atoms with van der Waals surface area (Å²) in [4.78, 5) is 11.6. The Morgan fingerprint density at radius 2 is 1.77 bits per heavy atom. The van der Waals surface area contributed by atoms with E-state index in [0.29, 0.717) is 0 Å². The number of carbonyl (C=O) groups excluding carboxylic acids is 1. The van der Waals surface area contributed by atoms with Crippen LogP contribution in [0.2, 0.25) is 0 Å². The number of carbonyl (C=O) groups is 1. The van der Waals surface area contributed by atoms with Crippen molar-refractivity contribution in [2.45, 2.75) is 45.6 Å². The van der Waals surface area contributed by atoms with Crippen LogP contribution < -0.4 is 5.32 Å². The van der Waals surface area contributed by atoms with Crippen LogP contribution in [-0.2, 0) is 10.2 Å². The minimum absolute atomic E-state index is 0.0294. The van der Waals surface area contributed by atoms with E-state index in [9.17, 15) is 4.79 Å². The fourth-order valence-electron chi connectivity index (χ4n) is 3.36. The van der Waals surface area contributed by atoms with Crippen LogP contribution in [0.4, 0.5) is 4.79 Å². The number of alkyl carbamates (subject to hydrolysis) is 1. The number of hydrogen-bond donors (Lipinski definition) is 1. The largest absolute Gasteiger partial charge is 0.444 e. The Bertz CT molecular complexity index is 908. The smallest absolute Gasteiger partial charge is 0.408 e. The second-order valence-electron chi connectivity index (χ2n) is 8.09. The molecule has 0 bridgehead atoms. The van der Waals surface area contributed by atoms with E-state index in [4.69, 9.17) is 4.74 Å². The van der Waals surface area contributed by atoms with Crippen LogP contribution in [0.3, 0.4) is 0 Å². The Balaban J connectivity index is 1.74. The highest BCUT2D eigenvalue weighted by Gasteiger charge is 2.34. The van der Waals surface area contributed by atoms with Crippen LogP contribution in [0.15, 0.2) is 42.5 Å². The summed E-state index contributed by atoms with van der Waals surface area (Å²) < 4.78 is 5.20. The van der Waals surface area contributed by atoms with Gasteiger partial charge in [-0.3, -0.25) is 0 Å². The standard InChI is InChI=1S/C23H25NO2/c1-22(2,3)26-21(25)24-14-8-9-16-12-13-18-17-10-6-7-11-19(17)23(4,5)20(18)15-16/h6-7,10-13,15H,14H2,1-5H3,(H,24,25). The third-order valence-corrected chi connectivity index (χ3v) is 4.54. The predicted molar refractivity (Wildman–Crippen MR) is 105 cm³/mol. The van der Waals surface area contributed by atoms with Gasteiger partial charge < -0.3 is 10.1 Å². The van der Waals surface area contributed by atoms with Crippen LogP contribution in [0.1, 0.15) is 51.3 Å². The van der Waals surface area contributed by atoms with Gasteiger partial charge in [-0.25, -0.2) is 4.79 Å². The zero-order valence-corrected chi connectivity index (χ0v) is 16.1. The molecule has 1 aliphatic carbocycles. The summed E-state index contributed by atoms with van der Waals surface area (Å²) in [5.41, 5.74) is 5.66. The summed E-state index contributed by atoms with van der Waals surface area (Å²) in [6.45, 7) is 10.3. The van der Waals surface area contributed by atoms with E-state index in [2.05, 4.69) is 67.4 Å². The van der Waals surface area contributed by atoms with Crippen LogP contribution >= 0.6 is 0 Å². The molecule has 0 fully saturated rings. The van der Waals surface area contributed by atoms with Crippen LogP contribution in [0.5, 0.6) is 0 Å². The third kappa shape index (κ3) is 3.60. The van der Waals surface area contributed by atoms with Gasteiger partial charge in [-0.2, -0.15) is 0 Å². The lowest BCUT2D eigenvalue weighted by Gasteiger charge is -2.21. The lowest BCUT2D eigenvalue weighted by Crippen LogP contribution is -2.32. The minimum atomic E-state index is -0.502. The number of amides is 1. The van der Waals surface area contributed by atoms with Gasteiger partial charge in [0.05, 0.1) is 6.54 Å². The Hall–Kier alpha value is -2.73. The van der Waals surface area contributed by atoms with Crippen LogP contribution in [0.25, 0.3) is 11.1 Å². The van der Waals surface area contributed by atoms with E-state index in [1.54, 1.807) is 0 Å². The van der Waals surface area contributed by atoms with Crippen molar-refractivity contribution in [3.05, 3.63) is 59.2 Å². The fraction of sp³-hybridized carbons (Fsp3) is 0.348. The molecule has 0 aliphatic heterocycles. The van der Waals surface area contributed by atoms with Gasteiger partial charge in [-0.1, -0.05) is 56.0 Å². The summed E-state index contributed by atoms with van der Waals surface area (Å²) in [7, 11) is 0. The average molecular weight is 347 g/mol. The summed E-state index contributed by atoms with van der Waals surface area (Å²) in [6, 6.07) is 14.9. The van der Waals surface area contributed by atoms with Crippen molar-refractivity contribution in [2.75, 3.05) is 6.54 Å². The predicted octanol–water partition coefficient (Wildman–Crippen LogP) is 4.87. The van der Waals surface area contributed by atoms with Crippen molar-refractivity contribution in [3.8, 4) is 23.0 Å². The third-order valence-electron chi connectivity index (χ3n) is 4.54. The number of ether oxygens (including phenoxy) is 1. The van der Waals surface area contributed by atoms with Crippen molar-refractivity contribution in [3.63, 3.8) is 0 Å². The summed E-state index contributed by atoms with van der Waals surface area (Å²) in [5, 5.41) is 2.66. The first kappa shape index (κ1) is 18.1. The second kappa shape index (κ2) is 6.53. The van der Waals surface area contributed by atoms with Crippen molar-refractivity contribution >= 4 is 6.09 Å². The number of nitrogens with one attached hydrogen (secondary N) is 1. The molecule has 3 rings (SSSR count). The van der Waals surface area contributed by atoms with E-state index in [1.807, 2.05) is 26.8 Å². The first-order valence-electron chi connectivity index (χ1n) is 8.88. The summed E-state index contributed by atoms with van der Waals surface area (Å²) in [6.07, 6.45) is -0.447. The van der Waals surface area contributed by atoms with Gasteiger partial charge in [0.2, 0.25) is 0 Å². The fourth-order valence-corrected chi connectivity index (χ4v) is 3.36. The highest BCUT2D eigenvalue weighted by molar-refractivity contribution is 5.81. The van der Waals surface area contributed by atoms with E-state index in [1.165, 1.54) is 22.3 Å². The minimum Gasteiger partial charge on any atom is -0.444 e. The van der Waals surface area contributed by atoms with Crippen molar-refractivity contribution in [2.24, 2.45) is 0 Å². The topological polar surface area (TPSA) is 38.3 Å². The molecule has 1 aliphatic rings. The molecule has 3 heteroatoms. The SMILES string of the molecule is CC(C)(C)OC(=O)NCC#Cc1ccc2c(c1)C(C)(C)c1ccccc1-2. The molecule has 3 nitrogen and oxygen atoms in total. The molecule has 26 heavy (non-hydrogen) atoms. The highest BCUT2D eigenvalue weighted by atomic mass is 16.6. The van der Waals surface area contributed by atoms with Crippen molar-refractivity contribution in [1.29, 1.82) is 0 Å². The van der Waals surface area contributed by atoms with E-state index in [0.717, 1.165) is 5.56 Å². The van der Waals surface area contributed by atoms with Crippen molar-refractivity contribution in [1.82, 2.24) is 5.32 Å². The monoisotopic (exact) mass is 347 g/mol. The lowest BCUT2D eigenvalue weighted by molar-refractivity contribution is 0.0535. The number of benzene rings is 2. The first-order chi connectivity index (χ1) is 12.2. The van der Waals surface area contributed by atoms with E-state index >= 15 is 0 Å². The van der Waals surface area contributed by atoms with Crippen LogP contribution in [-0.4, -0.2) is 18.2 Å². The summed E-state index contributed by atoms with van der Waals surface area (Å²) in [5.74, 6) is 6.13. The van der Waals surface area contributed by atoms with Crippen molar-refractivity contribution < 1.29 is 9.53 Å². The van der Waals surface area contributed by atoms with Gasteiger partial charge >= 0.3 is 6.09 Å². The quantitative estimate of drug-likeness (QED) is 0.748. The molecule has 0 spiro atoms. The number of hydrogen-bond acceptors (Lipinski definition) is 2. The maximum atomic E-state index is 11.6. The molecule has 0 unspecified atom stereocenters. The molecule has 0 saturated carbocycles. The first-order valence-corrected chi connectivity index (χ1v) is 8.88. The van der Waals surface area contributed by atoms with Gasteiger partial charge in [0, 0.05) is 11.0 Å². The zero-order chi connectivity index (χ0) is 18.9. The highest BCUT2D eigenvalue weighted by Crippen LogP contribution is 2.48. The van der Waals surface area contributed by atoms with Gasteiger partial charge in [0.15, 0.2) is 0 Å². The second-order valence-corrected chi connectivity index (χ2v) is 8.09. The maximum Gasteiger partial charge on any atom is 0.408 e. The molecule has 0 radical (unpaired) electrons. The molecule has 2 aromatic rings. The normalized spacial score (nSPS) is 13.9. The Morgan fingerprint density at radius 3 is 2.50 bits per heavy atom. The molecular weight excluding hydrogens is 322 g/mol. The molecule has 2 aromatic carbocycles. The van der Waals surface area contributed by atoms with E-state index < -0.39 is 11.7 Å². The Labute approximate surface area is 155 Å². The van der Waals surface area contributed by atoms with Gasteiger partial charge in [-0.05, 0) is 55.2 Å². The molecule has 0 aromatic heterocycles. The Morgan fingerprint density at radius 1 is 1.08 bits per heavy atom. The molecule has 0 atom stereocenters.